The Kier molecular flexibility index (Phi) is 6.61. The molecule has 1 amide bonds. The van der Waals surface area contributed by atoms with E-state index < -0.39 is 5.91 Å². The van der Waals surface area contributed by atoms with E-state index in [-0.39, 0.29) is 11.3 Å². The minimum Gasteiger partial charge on any atom is -0.508 e. The van der Waals surface area contributed by atoms with Crippen molar-refractivity contribution in [3.63, 3.8) is 0 Å². The number of rotatable bonds is 6. The van der Waals surface area contributed by atoms with E-state index in [1.807, 2.05) is 56.3 Å². The molecule has 168 valence electrons. The Hall–Kier alpha value is -4.56. The van der Waals surface area contributed by atoms with E-state index in [0.29, 0.717) is 23.6 Å². The van der Waals surface area contributed by atoms with Crippen LogP contribution in [-0.4, -0.2) is 11.0 Å². The van der Waals surface area contributed by atoms with Gasteiger partial charge < -0.3 is 15.2 Å². The van der Waals surface area contributed by atoms with Crippen LogP contribution in [0.1, 0.15) is 22.3 Å². The molecule has 5 heteroatoms. The first-order valence-corrected chi connectivity index (χ1v) is 10.9. The second kappa shape index (κ2) is 9.93. The number of phenols is 1. The van der Waals surface area contributed by atoms with E-state index in [0.717, 1.165) is 27.5 Å². The van der Waals surface area contributed by atoms with Crippen LogP contribution in [0.4, 0.5) is 5.69 Å². The monoisotopic (exact) mass is 448 g/mol. The number of anilines is 1. The van der Waals surface area contributed by atoms with Crippen molar-refractivity contribution >= 4 is 28.4 Å². The van der Waals surface area contributed by atoms with Crippen LogP contribution in [0.2, 0.25) is 0 Å². The smallest absolute Gasteiger partial charge is 0.266 e. The van der Waals surface area contributed by atoms with Gasteiger partial charge in [-0.3, -0.25) is 4.79 Å². The summed E-state index contributed by atoms with van der Waals surface area (Å²) in [5.74, 6) is 0.139. The second-order valence-corrected chi connectivity index (χ2v) is 8.15. The summed E-state index contributed by atoms with van der Waals surface area (Å²) in [5, 5.41) is 23.7. The Balaban J connectivity index is 1.70. The van der Waals surface area contributed by atoms with Crippen LogP contribution in [0.3, 0.4) is 0 Å². The highest BCUT2D eigenvalue weighted by Gasteiger charge is 2.14. The van der Waals surface area contributed by atoms with Crippen molar-refractivity contribution < 1.29 is 14.6 Å². The molecular weight excluding hydrogens is 424 g/mol. The molecule has 0 radical (unpaired) electrons. The molecule has 0 aliphatic rings. The summed E-state index contributed by atoms with van der Waals surface area (Å²) in [6, 6.07) is 25.9. The maximum Gasteiger partial charge on any atom is 0.266 e. The number of benzene rings is 4. The molecule has 0 aliphatic heterocycles. The van der Waals surface area contributed by atoms with Gasteiger partial charge in [-0.25, -0.2) is 0 Å². The largest absolute Gasteiger partial charge is 0.508 e. The van der Waals surface area contributed by atoms with Crippen molar-refractivity contribution in [2.24, 2.45) is 0 Å². The van der Waals surface area contributed by atoms with Crippen molar-refractivity contribution in [2.75, 3.05) is 5.32 Å². The number of aryl methyl sites for hydroxylation is 2. The Morgan fingerprint density at radius 3 is 2.41 bits per heavy atom. The average molecular weight is 449 g/mol. The molecule has 0 saturated carbocycles. The first kappa shape index (κ1) is 22.6. The molecule has 4 aromatic carbocycles. The Morgan fingerprint density at radius 1 is 1.00 bits per heavy atom. The summed E-state index contributed by atoms with van der Waals surface area (Å²) >= 11 is 0. The minimum atomic E-state index is -0.540. The molecular formula is C29H24N2O3. The number of phenolic OH excluding ortho intramolecular Hbond substituents is 1. The van der Waals surface area contributed by atoms with Gasteiger partial charge in [-0.05, 0) is 66.6 Å². The molecule has 0 atom stereocenters. The number of amides is 1. The average Bonchev–Trinajstić information content (AvgIpc) is 2.82. The van der Waals surface area contributed by atoms with Gasteiger partial charge in [0.2, 0.25) is 0 Å². The van der Waals surface area contributed by atoms with Gasteiger partial charge >= 0.3 is 0 Å². The summed E-state index contributed by atoms with van der Waals surface area (Å²) in [5.41, 5.74) is 4.46. The van der Waals surface area contributed by atoms with Gasteiger partial charge in [0.05, 0.1) is 0 Å². The number of nitrogens with zero attached hydrogens (tertiary/aromatic N) is 1. The van der Waals surface area contributed by atoms with Crippen LogP contribution in [-0.2, 0) is 11.4 Å². The second-order valence-electron chi connectivity index (χ2n) is 8.15. The number of ether oxygens (including phenoxy) is 1. The maximum absolute atomic E-state index is 12.8. The van der Waals surface area contributed by atoms with Gasteiger partial charge in [-0.15, -0.1) is 0 Å². The third-order valence-electron chi connectivity index (χ3n) is 5.39. The highest BCUT2D eigenvalue weighted by Crippen LogP contribution is 2.31. The number of hydrogen-bond donors (Lipinski definition) is 2. The number of hydrogen-bond acceptors (Lipinski definition) is 4. The van der Waals surface area contributed by atoms with Crippen molar-refractivity contribution in [3.05, 3.63) is 107 Å². The van der Waals surface area contributed by atoms with Crippen molar-refractivity contribution in [2.45, 2.75) is 20.5 Å². The predicted octanol–water partition coefficient (Wildman–Crippen LogP) is 6.29. The molecule has 0 fully saturated rings. The van der Waals surface area contributed by atoms with Crippen LogP contribution in [0.25, 0.3) is 16.8 Å². The Morgan fingerprint density at radius 2 is 1.71 bits per heavy atom. The summed E-state index contributed by atoms with van der Waals surface area (Å²) < 4.78 is 6.18. The third kappa shape index (κ3) is 5.25. The molecule has 0 spiro atoms. The zero-order valence-corrected chi connectivity index (χ0v) is 19.0. The van der Waals surface area contributed by atoms with Crippen molar-refractivity contribution in [3.8, 4) is 17.6 Å². The quantitative estimate of drug-likeness (QED) is 0.206. The van der Waals surface area contributed by atoms with Crippen LogP contribution >= 0.6 is 0 Å². The van der Waals surface area contributed by atoms with Crippen LogP contribution in [0.15, 0.2) is 84.4 Å². The molecule has 5 nitrogen and oxygen atoms in total. The van der Waals surface area contributed by atoms with E-state index in [4.69, 9.17) is 4.74 Å². The molecule has 0 aliphatic carbocycles. The molecule has 0 aromatic heterocycles. The lowest BCUT2D eigenvalue weighted by Gasteiger charge is -2.13. The van der Waals surface area contributed by atoms with Crippen LogP contribution < -0.4 is 10.1 Å². The third-order valence-corrected chi connectivity index (χ3v) is 5.39. The molecule has 34 heavy (non-hydrogen) atoms. The molecule has 0 unspecified atom stereocenters. The Bertz CT molecular complexity index is 1410. The normalized spacial score (nSPS) is 11.1. The first-order valence-electron chi connectivity index (χ1n) is 10.9. The molecule has 4 rings (SSSR count). The predicted molar refractivity (Wildman–Crippen MR) is 135 cm³/mol. The SMILES string of the molecule is Cc1cc(C)cc(COc2ccc3ccccc3c2/C=C(\C#N)C(=O)Nc2ccc(O)cc2)c1. The number of nitriles is 1. The summed E-state index contributed by atoms with van der Waals surface area (Å²) in [6.45, 7) is 4.46. The number of aromatic hydroxyl groups is 1. The molecule has 0 saturated heterocycles. The van der Waals surface area contributed by atoms with Gasteiger partial charge in [0.25, 0.3) is 5.91 Å². The fourth-order valence-corrected chi connectivity index (χ4v) is 3.90. The number of nitrogens with one attached hydrogen (secondary N) is 1. The van der Waals surface area contributed by atoms with Crippen molar-refractivity contribution in [1.82, 2.24) is 0 Å². The first-order chi connectivity index (χ1) is 16.4. The van der Waals surface area contributed by atoms with Gasteiger partial charge in [0, 0.05) is 11.3 Å². The standard InChI is InChI=1S/C29H24N2O3/c1-19-13-20(2)15-21(14-19)18-34-28-12-7-22-5-3-4-6-26(22)27(28)16-23(17-30)29(33)31-24-8-10-25(32)11-9-24/h3-16,32H,18H2,1-2H3,(H,31,33)/b23-16+. The lowest BCUT2D eigenvalue weighted by Crippen LogP contribution is -2.13. The van der Waals surface area contributed by atoms with Gasteiger partial charge in [0.15, 0.2) is 0 Å². The summed E-state index contributed by atoms with van der Waals surface area (Å²) in [6.07, 6.45) is 1.56. The van der Waals surface area contributed by atoms with E-state index >= 15 is 0 Å². The lowest BCUT2D eigenvalue weighted by atomic mass is 10.0. The minimum absolute atomic E-state index is 0.0549. The summed E-state index contributed by atoms with van der Waals surface area (Å²) in [4.78, 5) is 12.8. The van der Waals surface area contributed by atoms with Crippen LogP contribution in [0.5, 0.6) is 11.5 Å². The number of carbonyl (C=O) groups is 1. The lowest BCUT2D eigenvalue weighted by molar-refractivity contribution is -0.112. The number of fused-ring (bicyclic) bond motifs is 1. The topological polar surface area (TPSA) is 82.3 Å². The zero-order chi connectivity index (χ0) is 24.1. The maximum atomic E-state index is 12.8. The highest BCUT2D eigenvalue weighted by atomic mass is 16.5. The van der Waals surface area contributed by atoms with Crippen molar-refractivity contribution in [1.29, 1.82) is 5.26 Å². The highest BCUT2D eigenvalue weighted by molar-refractivity contribution is 6.11. The van der Waals surface area contributed by atoms with Gasteiger partial charge in [0.1, 0.15) is 29.7 Å². The van der Waals surface area contributed by atoms with Gasteiger partial charge in [-0.1, -0.05) is 59.7 Å². The molecule has 2 N–H and O–H groups in total. The van der Waals surface area contributed by atoms with E-state index in [2.05, 4.69) is 23.5 Å². The fraction of sp³-hybridized carbons (Fsp3) is 0.103. The molecule has 4 aromatic rings. The Labute approximate surface area is 198 Å². The fourth-order valence-electron chi connectivity index (χ4n) is 3.90. The van der Waals surface area contributed by atoms with Gasteiger partial charge in [-0.2, -0.15) is 5.26 Å². The van der Waals surface area contributed by atoms with Crippen LogP contribution in [0, 0.1) is 25.2 Å². The molecule has 0 heterocycles. The van der Waals surface area contributed by atoms with E-state index in [1.165, 1.54) is 12.1 Å². The van der Waals surface area contributed by atoms with E-state index in [9.17, 15) is 15.2 Å². The number of carbonyl (C=O) groups excluding carboxylic acids is 1. The molecule has 0 bridgehead atoms. The zero-order valence-electron chi connectivity index (χ0n) is 19.0. The van der Waals surface area contributed by atoms with E-state index in [1.54, 1.807) is 18.2 Å². The summed E-state index contributed by atoms with van der Waals surface area (Å²) in [7, 11) is 0.